The molecule has 0 spiro atoms. The lowest BCUT2D eigenvalue weighted by Gasteiger charge is -1.98. The van der Waals surface area contributed by atoms with Crippen molar-refractivity contribution in [2.24, 2.45) is 0 Å². The monoisotopic (exact) mass is 478 g/mol. The summed E-state index contributed by atoms with van der Waals surface area (Å²) in [7, 11) is 1.39. The summed E-state index contributed by atoms with van der Waals surface area (Å²) in [6.07, 6.45) is 12.4. The van der Waals surface area contributed by atoms with Gasteiger partial charge < -0.3 is 9.84 Å². The smallest absolute Gasteiger partial charge is 0.334 e. The molecule has 134 valence electrons. The predicted octanol–water partition coefficient (Wildman–Crippen LogP) is 3.73. The minimum absolute atomic E-state index is 0.140. The Balaban J connectivity index is 0.000000152. The lowest BCUT2D eigenvalue weighted by Crippen LogP contribution is -2.03. The minimum atomic E-state index is -0.270. The molecule has 0 fully saturated rings. The van der Waals surface area contributed by atoms with E-state index >= 15 is 0 Å². The van der Waals surface area contributed by atoms with Gasteiger partial charge in [0.15, 0.2) is 0 Å². The van der Waals surface area contributed by atoms with Gasteiger partial charge in [0.1, 0.15) is 0 Å². The molecule has 0 radical (unpaired) electrons. The van der Waals surface area contributed by atoms with Crippen LogP contribution >= 0.6 is 31.9 Å². The Hall–Kier alpha value is -1.83. The summed E-state index contributed by atoms with van der Waals surface area (Å²) in [5.41, 5.74) is 6.16. The Labute approximate surface area is 168 Å². The van der Waals surface area contributed by atoms with E-state index in [2.05, 4.69) is 46.6 Å². The fourth-order valence-electron chi connectivity index (χ4n) is 2.87. The third kappa shape index (κ3) is 3.95. The highest BCUT2D eigenvalue weighted by Crippen LogP contribution is 2.31. The number of carbonyl (C=O) groups is 1. The average Bonchev–Trinajstić information content (AvgIpc) is 3.27. The number of esters is 1. The van der Waals surface area contributed by atoms with Crippen molar-refractivity contribution in [3.05, 3.63) is 67.1 Å². The van der Waals surface area contributed by atoms with Crippen LogP contribution in [0.15, 0.2) is 44.9 Å². The van der Waals surface area contributed by atoms with Gasteiger partial charge in [-0.05, 0) is 72.2 Å². The largest absolute Gasteiger partial charge is 0.466 e. The Kier molecular flexibility index (Phi) is 6.01. The number of aromatic nitrogens is 2. The number of carbonyl (C=O) groups excluding carboxylic acids is 1. The molecule has 2 aromatic heterocycles. The normalized spacial score (nSPS) is 13.8. The van der Waals surface area contributed by atoms with E-state index < -0.39 is 0 Å². The summed E-state index contributed by atoms with van der Waals surface area (Å²) in [5.74, 6) is -0.270. The summed E-state index contributed by atoms with van der Waals surface area (Å²) < 4.78 is 6.58. The highest BCUT2D eigenvalue weighted by molar-refractivity contribution is 9.10. The van der Waals surface area contributed by atoms with Crippen LogP contribution in [0.4, 0.5) is 0 Å². The van der Waals surface area contributed by atoms with Gasteiger partial charge in [-0.3, -0.25) is 9.97 Å². The fraction of sp³-hybridized carbons (Fsp3) is 0.211. The number of aliphatic hydroxyl groups excluding tert-OH is 1. The van der Waals surface area contributed by atoms with Crippen molar-refractivity contribution >= 4 is 50.0 Å². The second-order valence-corrected chi connectivity index (χ2v) is 7.57. The molecular weight excluding hydrogens is 464 g/mol. The van der Waals surface area contributed by atoms with Gasteiger partial charge in [-0.2, -0.15) is 0 Å². The van der Waals surface area contributed by atoms with Crippen LogP contribution in [0.3, 0.4) is 0 Å². The van der Waals surface area contributed by atoms with Crippen LogP contribution in [-0.2, 0) is 22.4 Å². The zero-order chi connectivity index (χ0) is 18.7. The SMILES string of the molecule is COC(=O)C1=Cc2c(Br)cncc2C1.OCC1=Cc2c(Br)cncc2C1. The summed E-state index contributed by atoms with van der Waals surface area (Å²) in [4.78, 5) is 19.4. The van der Waals surface area contributed by atoms with Crippen molar-refractivity contribution in [3.63, 3.8) is 0 Å². The van der Waals surface area contributed by atoms with Gasteiger partial charge in [0.05, 0.1) is 13.7 Å². The Morgan fingerprint density at radius 3 is 2.12 bits per heavy atom. The molecule has 0 saturated heterocycles. The van der Waals surface area contributed by atoms with E-state index in [1.165, 1.54) is 12.7 Å². The van der Waals surface area contributed by atoms with E-state index in [1.54, 1.807) is 18.6 Å². The summed E-state index contributed by atoms with van der Waals surface area (Å²) in [5, 5.41) is 8.93. The number of fused-ring (bicyclic) bond motifs is 2. The first-order valence-corrected chi connectivity index (χ1v) is 9.46. The third-order valence-corrected chi connectivity index (χ3v) is 5.42. The number of halogens is 2. The maximum absolute atomic E-state index is 11.3. The Bertz CT molecular complexity index is 923. The molecule has 4 rings (SSSR count). The molecule has 2 aliphatic rings. The topological polar surface area (TPSA) is 72.3 Å². The predicted molar refractivity (Wildman–Crippen MR) is 106 cm³/mol. The van der Waals surface area contributed by atoms with Gasteiger partial charge in [0.25, 0.3) is 0 Å². The van der Waals surface area contributed by atoms with E-state index in [1.807, 2.05) is 18.3 Å². The number of pyridine rings is 2. The van der Waals surface area contributed by atoms with Crippen molar-refractivity contribution < 1.29 is 14.6 Å². The van der Waals surface area contributed by atoms with Gasteiger partial charge in [0, 0.05) is 45.7 Å². The molecule has 1 N–H and O–H groups in total. The number of aliphatic hydroxyl groups is 1. The number of rotatable bonds is 2. The first-order chi connectivity index (χ1) is 12.5. The molecular formula is C19H16Br2N2O3. The van der Waals surface area contributed by atoms with Crippen LogP contribution in [0.2, 0.25) is 0 Å². The highest BCUT2D eigenvalue weighted by atomic mass is 79.9. The van der Waals surface area contributed by atoms with Gasteiger partial charge in [-0.25, -0.2) is 4.79 Å². The number of ether oxygens (including phenoxy) is 1. The third-order valence-electron chi connectivity index (χ3n) is 4.16. The first-order valence-electron chi connectivity index (χ1n) is 7.87. The molecule has 2 heterocycles. The molecule has 2 aliphatic carbocycles. The molecule has 0 saturated carbocycles. The van der Waals surface area contributed by atoms with E-state index in [0.717, 1.165) is 37.6 Å². The molecule has 0 aromatic carbocycles. The number of hydrogen-bond donors (Lipinski definition) is 1. The van der Waals surface area contributed by atoms with Gasteiger partial charge in [-0.1, -0.05) is 6.08 Å². The van der Waals surface area contributed by atoms with Crippen molar-refractivity contribution in [2.45, 2.75) is 12.8 Å². The first kappa shape index (κ1) is 18.9. The second kappa shape index (κ2) is 8.24. The average molecular weight is 480 g/mol. The maximum Gasteiger partial charge on any atom is 0.334 e. The van der Waals surface area contributed by atoms with E-state index in [0.29, 0.717) is 12.0 Å². The quantitative estimate of drug-likeness (QED) is 0.664. The van der Waals surface area contributed by atoms with Crippen LogP contribution in [-0.4, -0.2) is 34.8 Å². The molecule has 0 atom stereocenters. The fourth-order valence-corrected chi connectivity index (χ4v) is 3.84. The molecule has 2 aromatic rings. The van der Waals surface area contributed by atoms with Crippen LogP contribution in [0, 0.1) is 0 Å². The molecule has 26 heavy (non-hydrogen) atoms. The van der Waals surface area contributed by atoms with E-state index in [9.17, 15) is 4.79 Å². The standard InChI is InChI=1S/C10H8BrNO2.C9H8BrNO/c1-14-10(13)6-2-7-4-12-5-9(11)8(7)3-6;10-9-4-11-3-7-1-6(5-12)2-8(7)9/h3-5H,2H2,1H3;2-4,12H,1,5H2. The van der Waals surface area contributed by atoms with Gasteiger partial charge in [0.2, 0.25) is 0 Å². The summed E-state index contributed by atoms with van der Waals surface area (Å²) in [6.45, 7) is 0.140. The van der Waals surface area contributed by atoms with E-state index in [-0.39, 0.29) is 12.6 Å². The number of methoxy groups -OCH3 is 1. The van der Waals surface area contributed by atoms with Crippen molar-refractivity contribution in [3.8, 4) is 0 Å². The lowest BCUT2D eigenvalue weighted by atomic mass is 10.2. The Morgan fingerprint density at radius 2 is 1.62 bits per heavy atom. The van der Waals surface area contributed by atoms with Crippen LogP contribution < -0.4 is 0 Å². The van der Waals surface area contributed by atoms with Crippen LogP contribution in [0.1, 0.15) is 22.3 Å². The zero-order valence-corrected chi connectivity index (χ0v) is 17.2. The second-order valence-electron chi connectivity index (χ2n) is 5.86. The lowest BCUT2D eigenvalue weighted by molar-refractivity contribution is -0.136. The molecule has 0 aliphatic heterocycles. The summed E-state index contributed by atoms with van der Waals surface area (Å²) >= 11 is 6.80. The zero-order valence-electron chi connectivity index (χ0n) is 14.0. The molecule has 5 nitrogen and oxygen atoms in total. The van der Waals surface area contributed by atoms with Crippen LogP contribution in [0.5, 0.6) is 0 Å². The molecule has 7 heteroatoms. The van der Waals surface area contributed by atoms with Gasteiger partial charge in [-0.15, -0.1) is 0 Å². The molecule has 0 bridgehead atoms. The highest BCUT2D eigenvalue weighted by Gasteiger charge is 2.20. The number of nitrogens with zero attached hydrogens (tertiary/aromatic N) is 2. The van der Waals surface area contributed by atoms with Crippen LogP contribution in [0.25, 0.3) is 12.2 Å². The number of hydrogen-bond acceptors (Lipinski definition) is 5. The Morgan fingerprint density at radius 1 is 1.04 bits per heavy atom. The van der Waals surface area contributed by atoms with E-state index in [4.69, 9.17) is 5.11 Å². The van der Waals surface area contributed by atoms with Crippen molar-refractivity contribution in [2.75, 3.05) is 13.7 Å². The van der Waals surface area contributed by atoms with Gasteiger partial charge >= 0.3 is 5.97 Å². The minimum Gasteiger partial charge on any atom is -0.466 e. The molecule has 0 unspecified atom stereocenters. The van der Waals surface area contributed by atoms with Crippen molar-refractivity contribution in [1.29, 1.82) is 0 Å². The van der Waals surface area contributed by atoms with Crippen molar-refractivity contribution in [1.82, 2.24) is 9.97 Å². The molecule has 0 amide bonds. The maximum atomic E-state index is 11.3. The summed E-state index contributed by atoms with van der Waals surface area (Å²) in [6, 6.07) is 0.